The lowest BCUT2D eigenvalue weighted by molar-refractivity contribution is -0.129. The second kappa shape index (κ2) is 8.66. The fourth-order valence-electron chi connectivity index (χ4n) is 2.56. The van der Waals surface area contributed by atoms with Crippen LogP contribution in [0.15, 0.2) is 34.2 Å². The number of thiophene rings is 1. The van der Waals surface area contributed by atoms with Crippen molar-refractivity contribution in [2.75, 3.05) is 26.0 Å². The first kappa shape index (κ1) is 18.9. The Bertz CT molecular complexity index is 877. The number of aromatic nitrogens is 2. The summed E-state index contributed by atoms with van der Waals surface area (Å²) < 4.78 is 10.5. The number of thioether (sulfide) groups is 1. The maximum atomic E-state index is 12.7. The normalized spacial score (nSPS) is 11.2. The summed E-state index contributed by atoms with van der Waals surface area (Å²) in [7, 11) is 1.63. The average molecular weight is 392 g/mol. The Morgan fingerprint density at radius 1 is 1.38 bits per heavy atom. The highest BCUT2D eigenvalue weighted by Gasteiger charge is 2.18. The molecule has 0 N–H and O–H groups in total. The van der Waals surface area contributed by atoms with Gasteiger partial charge in [0.1, 0.15) is 21.9 Å². The number of methoxy groups -OCH3 is 1. The maximum Gasteiger partial charge on any atom is 0.233 e. The van der Waals surface area contributed by atoms with Crippen LogP contribution in [0, 0.1) is 13.8 Å². The molecule has 3 heterocycles. The molecule has 1 amide bonds. The quantitative estimate of drug-likeness (QED) is 0.431. The number of carbonyl (C=O) groups excluding carboxylic acids is 1. The molecule has 0 unspecified atom stereocenters. The van der Waals surface area contributed by atoms with Gasteiger partial charge in [0.25, 0.3) is 0 Å². The number of aryl methyl sites for hydroxylation is 2. The number of nitrogens with zero attached hydrogens (tertiary/aromatic N) is 3. The predicted molar refractivity (Wildman–Crippen MR) is 104 cm³/mol. The number of furan rings is 1. The van der Waals surface area contributed by atoms with Crippen molar-refractivity contribution in [2.24, 2.45) is 0 Å². The minimum Gasteiger partial charge on any atom is -0.467 e. The fourth-order valence-corrected chi connectivity index (χ4v) is 4.58. The van der Waals surface area contributed by atoms with Crippen LogP contribution >= 0.6 is 23.1 Å². The molecule has 138 valence electrons. The highest BCUT2D eigenvalue weighted by Crippen LogP contribution is 2.34. The van der Waals surface area contributed by atoms with Crippen LogP contribution in [-0.4, -0.2) is 46.8 Å². The summed E-state index contributed by atoms with van der Waals surface area (Å²) in [4.78, 5) is 25.4. The van der Waals surface area contributed by atoms with Crippen molar-refractivity contribution in [3.05, 3.63) is 40.9 Å². The van der Waals surface area contributed by atoms with Crippen molar-refractivity contribution >= 4 is 39.2 Å². The number of amides is 1. The molecule has 0 spiro atoms. The van der Waals surface area contributed by atoms with Crippen LogP contribution in [0.25, 0.3) is 10.2 Å². The third-order valence-electron chi connectivity index (χ3n) is 4.11. The summed E-state index contributed by atoms with van der Waals surface area (Å²) in [5, 5.41) is 1.91. The van der Waals surface area contributed by atoms with Gasteiger partial charge in [-0.15, -0.1) is 11.3 Å². The molecule has 0 bridgehead atoms. The zero-order valence-corrected chi connectivity index (χ0v) is 16.7. The third kappa shape index (κ3) is 4.25. The molecule has 0 saturated heterocycles. The Balaban J connectivity index is 1.71. The Kier molecular flexibility index (Phi) is 6.29. The van der Waals surface area contributed by atoms with E-state index in [4.69, 9.17) is 9.15 Å². The van der Waals surface area contributed by atoms with E-state index in [0.29, 0.717) is 25.4 Å². The molecule has 0 aliphatic heterocycles. The molecule has 0 atom stereocenters. The molecule has 6 nitrogen and oxygen atoms in total. The number of hydrogen-bond acceptors (Lipinski definition) is 7. The lowest BCUT2D eigenvalue weighted by Gasteiger charge is -2.21. The van der Waals surface area contributed by atoms with Crippen molar-refractivity contribution in [3.8, 4) is 0 Å². The first-order chi connectivity index (χ1) is 12.6. The molecule has 0 aromatic carbocycles. The largest absolute Gasteiger partial charge is 0.467 e. The van der Waals surface area contributed by atoms with Crippen molar-refractivity contribution in [1.82, 2.24) is 14.9 Å². The Morgan fingerprint density at radius 3 is 2.96 bits per heavy atom. The molecule has 0 aliphatic carbocycles. The smallest absolute Gasteiger partial charge is 0.233 e. The lowest BCUT2D eigenvalue weighted by atomic mass is 10.2. The van der Waals surface area contributed by atoms with Crippen LogP contribution in [0.4, 0.5) is 0 Å². The first-order valence-electron chi connectivity index (χ1n) is 8.22. The van der Waals surface area contributed by atoms with Gasteiger partial charge in [0.15, 0.2) is 0 Å². The Hall–Kier alpha value is -1.90. The molecule has 3 aromatic rings. The van der Waals surface area contributed by atoms with Crippen LogP contribution in [0.1, 0.15) is 16.2 Å². The number of hydrogen-bond donors (Lipinski definition) is 0. The van der Waals surface area contributed by atoms with E-state index in [1.165, 1.54) is 22.2 Å². The minimum absolute atomic E-state index is 0.0276. The molecule has 3 rings (SSSR count). The summed E-state index contributed by atoms with van der Waals surface area (Å²) in [6.07, 6.45) is 3.18. The van der Waals surface area contributed by atoms with Gasteiger partial charge < -0.3 is 14.1 Å². The van der Waals surface area contributed by atoms with Crippen LogP contribution < -0.4 is 0 Å². The Morgan fingerprint density at radius 2 is 2.23 bits per heavy atom. The monoisotopic (exact) mass is 391 g/mol. The average Bonchev–Trinajstić information content (AvgIpc) is 3.25. The summed E-state index contributed by atoms with van der Waals surface area (Å²) >= 11 is 3.11. The number of carbonyl (C=O) groups is 1. The summed E-state index contributed by atoms with van der Waals surface area (Å²) in [6, 6.07) is 3.69. The molecule has 0 aliphatic rings. The van der Waals surface area contributed by atoms with E-state index in [9.17, 15) is 4.79 Å². The zero-order chi connectivity index (χ0) is 18.5. The van der Waals surface area contributed by atoms with E-state index in [1.807, 2.05) is 12.1 Å². The number of rotatable bonds is 8. The van der Waals surface area contributed by atoms with Gasteiger partial charge in [0.05, 0.1) is 25.2 Å². The van der Waals surface area contributed by atoms with Crippen LogP contribution in [0.2, 0.25) is 0 Å². The highest BCUT2D eigenvalue weighted by atomic mass is 32.2. The van der Waals surface area contributed by atoms with Crippen molar-refractivity contribution in [3.63, 3.8) is 0 Å². The van der Waals surface area contributed by atoms with Gasteiger partial charge in [-0.3, -0.25) is 4.79 Å². The Labute approximate surface area is 160 Å². The van der Waals surface area contributed by atoms with E-state index in [1.54, 1.807) is 35.9 Å². The fraction of sp³-hybridized carbons (Fsp3) is 0.389. The van der Waals surface area contributed by atoms with Gasteiger partial charge in [-0.1, -0.05) is 11.8 Å². The molecule has 3 aromatic heterocycles. The van der Waals surface area contributed by atoms with Crippen molar-refractivity contribution < 1.29 is 13.9 Å². The molecule has 8 heteroatoms. The van der Waals surface area contributed by atoms with Gasteiger partial charge >= 0.3 is 0 Å². The standard InChI is InChI=1S/C18H21N3O3S2/c1-12-13(2)26-18-16(12)17(19-11-20-18)25-10-15(22)21(6-8-23-3)9-14-5-4-7-24-14/h4-5,7,11H,6,8-10H2,1-3H3. The molecular formula is C18H21N3O3S2. The van der Waals surface area contributed by atoms with Gasteiger partial charge in [-0.2, -0.15) is 0 Å². The van der Waals surface area contributed by atoms with Gasteiger partial charge in [-0.05, 0) is 31.5 Å². The van der Waals surface area contributed by atoms with E-state index >= 15 is 0 Å². The summed E-state index contributed by atoms with van der Waals surface area (Å²) in [5.41, 5.74) is 1.19. The zero-order valence-electron chi connectivity index (χ0n) is 15.0. The molecule has 26 heavy (non-hydrogen) atoms. The topological polar surface area (TPSA) is 68.5 Å². The highest BCUT2D eigenvalue weighted by molar-refractivity contribution is 8.00. The number of fused-ring (bicyclic) bond motifs is 1. The van der Waals surface area contributed by atoms with E-state index in [0.717, 1.165) is 21.0 Å². The van der Waals surface area contributed by atoms with Crippen LogP contribution in [0.3, 0.4) is 0 Å². The second-order valence-corrected chi connectivity index (χ2v) is 7.99. The van der Waals surface area contributed by atoms with E-state index in [-0.39, 0.29) is 5.91 Å². The SMILES string of the molecule is COCCN(Cc1ccco1)C(=O)CSc1ncnc2sc(C)c(C)c12. The van der Waals surface area contributed by atoms with Crippen molar-refractivity contribution in [2.45, 2.75) is 25.4 Å². The lowest BCUT2D eigenvalue weighted by Crippen LogP contribution is -2.34. The molecule has 0 saturated carbocycles. The summed E-state index contributed by atoms with van der Waals surface area (Å²) in [6.45, 7) is 5.60. The first-order valence-corrected chi connectivity index (χ1v) is 10.0. The van der Waals surface area contributed by atoms with Gasteiger partial charge in [0, 0.05) is 23.9 Å². The van der Waals surface area contributed by atoms with E-state index < -0.39 is 0 Å². The molecular weight excluding hydrogens is 370 g/mol. The van der Waals surface area contributed by atoms with Crippen LogP contribution in [0.5, 0.6) is 0 Å². The molecule has 0 fully saturated rings. The van der Waals surface area contributed by atoms with E-state index in [2.05, 4.69) is 23.8 Å². The number of ether oxygens (including phenoxy) is 1. The van der Waals surface area contributed by atoms with Gasteiger partial charge in [0.2, 0.25) is 5.91 Å². The minimum atomic E-state index is 0.0276. The van der Waals surface area contributed by atoms with Crippen LogP contribution in [-0.2, 0) is 16.1 Å². The maximum absolute atomic E-state index is 12.7. The third-order valence-corrected chi connectivity index (χ3v) is 6.20. The predicted octanol–water partition coefficient (Wildman–Crippen LogP) is 3.67. The molecule has 0 radical (unpaired) electrons. The van der Waals surface area contributed by atoms with Crippen molar-refractivity contribution in [1.29, 1.82) is 0 Å². The van der Waals surface area contributed by atoms with Gasteiger partial charge in [-0.25, -0.2) is 9.97 Å². The second-order valence-electron chi connectivity index (χ2n) is 5.82. The summed E-state index contributed by atoms with van der Waals surface area (Å²) in [5.74, 6) is 1.10.